The summed E-state index contributed by atoms with van der Waals surface area (Å²) in [6, 6.07) is 1.87. The van der Waals surface area contributed by atoms with Gasteiger partial charge in [-0.1, -0.05) is 15.9 Å². The fourth-order valence-corrected chi connectivity index (χ4v) is 2.29. The second-order valence-corrected chi connectivity index (χ2v) is 4.87. The molecule has 1 N–H and O–H groups in total. The number of nitrogens with one attached hydrogen (secondary N) is 1. The molecule has 1 aromatic heterocycles. The number of fused-ring (bicyclic) bond motifs is 1. The predicted molar refractivity (Wildman–Crippen MR) is 73.1 cm³/mol. The fourth-order valence-electron chi connectivity index (χ4n) is 1.98. The first-order chi connectivity index (χ1) is 8.47. The van der Waals surface area contributed by atoms with E-state index in [9.17, 15) is 9.59 Å². The molecule has 0 aliphatic carbocycles. The maximum Gasteiger partial charge on any atom is 0.343 e. The first kappa shape index (κ1) is 12.8. The highest BCUT2D eigenvalue weighted by atomic mass is 79.9. The van der Waals surface area contributed by atoms with Gasteiger partial charge >= 0.3 is 5.97 Å². The number of methoxy groups -OCH3 is 1. The van der Waals surface area contributed by atoms with Crippen LogP contribution < -0.4 is 5.43 Å². The van der Waals surface area contributed by atoms with Crippen LogP contribution in [0.5, 0.6) is 0 Å². The SMILES string of the molecule is COC(=O)c1c[nH]c2cc(C)c(Br)c(C)c2c1=O. The van der Waals surface area contributed by atoms with Crippen molar-refractivity contribution in [2.24, 2.45) is 0 Å². The second kappa shape index (κ2) is 4.57. The molecule has 1 heterocycles. The molecule has 0 radical (unpaired) electrons. The lowest BCUT2D eigenvalue weighted by Crippen LogP contribution is -2.18. The molecule has 0 spiro atoms. The minimum atomic E-state index is -0.630. The molecule has 0 atom stereocenters. The van der Waals surface area contributed by atoms with Gasteiger partial charge in [0, 0.05) is 16.2 Å². The maximum atomic E-state index is 12.3. The van der Waals surface area contributed by atoms with E-state index in [4.69, 9.17) is 0 Å². The average Bonchev–Trinajstić information content (AvgIpc) is 2.35. The number of aryl methyl sites for hydroxylation is 2. The van der Waals surface area contributed by atoms with Crippen LogP contribution in [0.1, 0.15) is 21.5 Å². The van der Waals surface area contributed by atoms with E-state index >= 15 is 0 Å². The number of aromatic nitrogens is 1. The molecule has 0 unspecified atom stereocenters. The van der Waals surface area contributed by atoms with Crippen molar-refractivity contribution in [3.05, 3.63) is 43.6 Å². The summed E-state index contributed by atoms with van der Waals surface area (Å²) in [6.07, 6.45) is 1.39. The van der Waals surface area contributed by atoms with Gasteiger partial charge in [0.1, 0.15) is 5.56 Å². The van der Waals surface area contributed by atoms with Crippen LogP contribution in [0.25, 0.3) is 10.9 Å². The summed E-state index contributed by atoms with van der Waals surface area (Å²) in [4.78, 5) is 26.7. The van der Waals surface area contributed by atoms with Gasteiger partial charge in [-0.15, -0.1) is 0 Å². The number of hydrogen-bond donors (Lipinski definition) is 1. The van der Waals surface area contributed by atoms with E-state index in [1.807, 2.05) is 19.9 Å². The number of hydrogen-bond acceptors (Lipinski definition) is 3. The van der Waals surface area contributed by atoms with Gasteiger partial charge in [0.05, 0.1) is 12.5 Å². The van der Waals surface area contributed by atoms with Crippen molar-refractivity contribution >= 4 is 32.8 Å². The molecule has 1 aromatic carbocycles. The number of rotatable bonds is 1. The maximum absolute atomic E-state index is 12.3. The number of carbonyl (C=O) groups excluding carboxylic acids is 1. The van der Waals surface area contributed by atoms with Crippen LogP contribution >= 0.6 is 15.9 Å². The molecule has 0 fully saturated rings. The summed E-state index contributed by atoms with van der Waals surface area (Å²) >= 11 is 3.44. The summed E-state index contributed by atoms with van der Waals surface area (Å²) in [6.45, 7) is 3.79. The Morgan fingerprint density at radius 3 is 2.67 bits per heavy atom. The van der Waals surface area contributed by atoms with Gasteiger partial charge in [0.2, 0.25) is 5.43 Å². The standard InChI is InChI=1S/C13H12BrNO3/c1-6-4-9-10(7(2)11(6)14)12(16)8(5-15-9)13(17)18-3/h4-5H,1-3H3,(H,15,16). The van der Waals surface area contributed by atoms with Gasteiger partial charge in [-0.05, 0) is 31.0 Å². The van der Waals surface area contributed by atoms with Crippen LogP contribution in [-0.4, -0.2) is 18.1 Å². The van der Waals surface area contributed by atoms with E-state index < -0.39 is 5.97 Å². The highest BCUT2D eigenvalue weighted by Crippen LogP contribution is 2.26. The topological polar surface area (TPSA) is 59.2 Å². The number of aromatic amines is 1. The largest absolute Gasteiger partial charge is 0.465 e. The van der Waals surface area contributed by atoms with Crippen molar-refractivity contribution in [2.45, 2.75) is 13.8 Å². The number of H-pyrrole nitrogens is 1. The van der Waals surface area contributed by atoms with Gasteiger partial charge in [-0.2, -0.15) is 0 Å². The zero-order valence-corrected chi connectivity index (χ0v) is 11.8. The normalized spacial score (nSPS) is 10.7. The van der Waals surface area contributed by atoms with Gasteiger partial charge in [-0.25, -0.2) is 4.79 Å². The monoisotopic (exact) mass is 309 g/mol. The minimum Gasteiger partial charge on any atom is -0.465 e. The fraction of sp³-hybridized carbons (Fsp3) is 0.231. The average molecular weight is 310 g/mol. The van der Waals surface area contributed by atoms with Crippen molar-refractivity contribution in [3.63, 3.8) is 0 Å². The molecule has 4 nitrogen and oxygen atoms in total. The van der Waals surface area contributed by atoms with E-state index in [1.54, 1.807) is 0 Å². The van der Waals surface area contributed by atoms with Gasteiger partial charge in [0.15, 0.2) is 0 Å². The number of halogens is 1. The number of carbonyl (C=O) groups is 1. The van der Waals surface area contributed by atoms with Crippen molar-refractivity contribution < 1.29 is 9.53 Å². The quantitative estimate of drug-likeness (QED) is 0.824. The third kappa shape index (κ3) is 1.84. The van der Waals surface area contributed by atoms with Crippen molar-refractivity contribution in [3.8, 4) is 0 Å². The summed E-state index contributed by atoms with van der Waals surface area (Å²) in [7, 11) is 1.25. The molecule has 18 heavy (non-hydrogen) atoms. The Balaban J connectivity index is 2.91. The molecule has 0 aliphatic heterocycles. The Morgan fingerprint density at radius 1 is 1.39 bits per heavy atom. The molecule has 0 saturated carbocycles. The third-order valence-electron chi connectivity index (χ3n) is 2.93. The molecule has 0 saturated heterocycles. The van der Waals surface area contributed by atoms with Crippen molar-refractivity contribution in [2.75, 3.05) is 7.11 Å². The Kier molecular flexibility index (Phi) is 3.26. The van der Waals surface area contributed by atoms with Crippen LogP contribution in [-0.2, 0) is 4.74 Å². The molecular formula is C13H12BrNO3. The van der Waals surface area contributed by atoms with Crippen molar-refractivity contribution in [1.29, 1.82) is 0 Å². The van der Waals surface area contributed by atoms with Crippen LogP contribution in [0.4, 0.5) is 0 Å². The Hall–Kier alpha value is -1.62. The van der Waals surface area contributed by atoms with E-state index in [-0.39, 0.29) is 11.0 Å². The lowest BCUT2D eigenvalue weighted by Gasteiger charge is -2.08. The van der Waals surface area contributed by atoms with E-state index in [0.717, 1.165) is 15.6 Å². The predicted octanol–water partition coefficient (Wildman–Crippen LogP) is 2.69. The molecule has 0 aliphatic rings. The molecule has 2 aromatic rings. The molecular weight excluding hydrogens is 298 g/mol. The number of esters is 1. The number of pyridine rings is 1. The molecule has 94 valence electrons. The Labute approximate surface area is 112 Å². The van der Waals surface area contributed by atoms with Gasteiger partial charge in [-0.3, -0.25) is 4.79 Å². The molecule has 0 amide bonds. The summed E-state index contributed by atoms with van der Waals surface area (Å²) in [5.41, 5.74) is 2.27. The van der Waals surface area contributed by atoms with Crippen molar-refractivity contribution in [1.82, 2.24) is 4.98 Å². The van der Waals surface area contributed by atoms with Gasteiger partial charge < -0.3 is 9.72 Å². The summed E-state index contributed by atoms with van der Waals surface area (Å²) < 4.78 is 5.47. The highest BCUT2D eigenvalue weighted by molar-refractivity contribution is 9.10. The summed E-state index contributed by atoms with van der Waals surface area (Å²) in [5, 5.41) is 0.510. The molecule has 0 bridgehead atoms. The van der Waals surface area contributed by atoms with Crippen LogP contribution in [0, 0.1) is 13.8 Å². The van der Waals surface area contributed by atoms with E-state index in [1.165, 1.54) is 13.3 Å². The smallest absolute Gasteiger partial charge is 0.343 e. The van der Waals surface area contributed by atoms with E-state index in [2.05, 4.69) is 25.7 Å². The first-order valence-electron chi connectivity index (χ1n) is 5.36. The lowest BCUT2D eigenvalue weighted by molar-refractivity contribution is 0.0599. The van der Waals surface area contributed by atoms with Crippen LogP contribution in [0.2, 0.25) is 0 Å². The minimum absolute atomic E-state index is 0.0175. The first-order valence-corrected chi connectivity index (χ1v) is 6.16. The lowest BCUT2D eigenvalue weighted by atomic mass is 10.0. The second-order valence-electron chi connectivity index (χ2n) is 4.08. The Morgan fingerprint density at radius 2 is 2.06 bits per heavy atom. The summed E-state index contributed by atoms with van der Waals surface area (Å²) in [5.74, 6) is -0.630. The molecule has 2 rings (SSSR count). The Bertz CT molecular complexity index is 703. The zero-order valence-electron chi connectivity index (χ0n) is 10.3. The number of benzene rings is 1. The van der Waals surface area contributed by atoms with Crippen LogP contribution in [0.3, 0.4) is 0 Å². The third-order valence-corrected chi connectivity index (χ3v) is 4.15. The van der Waals surface area contributed by atoms with E-state index in [0.29, 0.717) is 10.9 Å². The zero-order chi connectivity index (χ0) is 13.4. The van der Waals surface area contributed by atoms with Crippen LogP contribution in [0.15, 0.2) is 21.5 Å². The van der Waals surface area contributed by atoms with Gasteiger partial charge in [0.25, 0.3) is 0 Å². The highest BCUT2D eigenvalue weighted by Gasteiger charge is 2.16. The number of ether oxygens (including phenoxy) is 1. The molecule has 5 heteroatoms.